The van der Waals surface area contributed by atoms with Gasteiger partial charge in [0.1, 0.15) is 5.60 Å². The Balaban J connectivity index is 1.63. The lowest BCUT2D eigenvalue weighted by molar-refractivity contribution is 0.00317. The Labute approximate surface area is 149 Å². The normalized spacial score (nSPS) is 23.1. The molecule has 0 aliphatic carbocycles. The van der Waals surface area contributed by atoms with Crippen molar-refractivity contribution in [3.8, 4) is 0 Å². The van der Waals surface area contributed by atoms with Crippen LogP contribution in [0.3, 0.4) is 0 Å². The quantitative estimate of drug-likeness (QED) is 0.896. The van der Waals surface area contributed by atoms with Crippen molar-refractivity contribution in [3.05, 3.63) is 34.4 Å². The van der Waals surface area contributed by atoms with Crippen LogP contribution in [0.4, 0.5) is 9.59 Å². The van der Waals surface area contributed by atoms with Crippen LogP contribution < -0.4 is 5.32 Å². The molecule has 2 fully saturated rings. The number of piperidine rings is 1. The summed E-state index contributed by atoms with van der Waals surface area (Å²) < 4.78 is 5.56. The molecule has 3 rings (SSSR count). The number of urea groups is 1. The van der Waals surface area contributed by atoms with Crippen LogP contribution in [0.2, 0.25) is 0 Å². The minimum Gasteiger partial charge on any atom is -0.439 e. The second-order valence-electron chi connectivity index (χ2n) is 7.47. The first kappa shape index (κ1) is 17.6. The van der Waals surface area contributed by atoms with Gasteiger partial charge in [-0.25, -0.2) is 9.59 Å². The summed E-state index contributed by atoms with van der Waals surface area (Å²) in [6, 6.07) is 4.18. The van der Waals surface area contributed by atoms with Crippen molar-refractivity contribution in [1.29, 1.82) is 0 Å². The van der Waals surface area contributed by atoms with Crippen LogP contribution in [0.1, 0.15) is 35.1 Å². The molecule has 2 heterocycles. The van der Waals surface area contributed by atoms with Gasteiger partial charge >= 0.3 is 12.1 Å². The highest BCUT2D eigenvalue weighted by Gasteiger charge is 2.47. The minimum atomic E-state index is -0.545. The summed E-state index contributed by atoms with van der Waals surface area (Å²) in [5.41, 5.74) is 4.24. The number of amides is 3. The number of hydrogen-bond acceptors (Lipinski definition) is 3. The van der Waals surface area contributed by atoms with Crippen LogP contribution in [0.25, 0.3) is 0 Å². The molecule has 6 nitrogen and oxygen atoms in total. The predicted octanol–water partition coefficient (Wildman–Crippen LogP) is 2.74. The minimum absolute atomic E-state index is 0.0935. The molecule has 2 saturated heterocycles. The average molecular weight is 345 g/mol. The van der Waals surface area contributed by atoms with Gasteiger partial charge in [0.05, 0.1) is 13.1 Å². The Bertz CT molecular complexity index is 680. The zero-order chi connectivity index (χ0) is 18.2. The molecule has 1 aromatic carbocycles. The molecule has 1 atom stereocenters. The van der Waals surface area contributed by atoms with Crippen LogP contribution in [0.5, 0.6) is 0 Å². The van der Waals surface area contributed by atoms with E-state index in [4.69, 9.17) is 4.74 Å². The predicted molar refractivity (Wildman–Crippen MR) is 95.5 cm³/mol. The fourth-order valence-corrected chi connectivity index (χ4v) is 4.04. The van der Waals surface area contributed by atoms with E-state index in [0.717, 1.165) is 18.4 Å². The smallest absolute Gasteiger partial charge is 0.410 e. The molecule has 136 valence electrons. The van der Waals surface area contributed by atoms with Crippen LogP contribution >= 0.6 is 0 Å². The molecule has 25 heavy (non-hydrogen) atoms. The molecule has 0 saturated carbocycles. The van der Waals surface area contributed by atoms with Crippen LogP contribution in [-0.2, 0) is 11.3 Å². The summed E-state index contributed by atoms with van der Waals surface area (Å²) >= 11 is 0. The van der Waals surface area contributed by atoms with Gasteiger partial charge < -0.3 is 19.9 Å². The van der Waals surface area contributed by atoms with Gasteiger partial charge in [0.15, 0.2) is 0 Å². The second-order valence-corrected chi connectivity index (χ2v) is 7.47. The fourth-order valence-electron chi connectivity index (χ4n) is 4.04. The largest absolute Gasteiger partial charge is 0.439 e. The van der Waals surface area contributed by atoms with E-state index in [9.17, 15) is 9.59 Å². The van der Waals surface area contributed by atoms with Gasteiger partial charge in [-0.2, -0.15) is 0 Å². The molecule has 0 unspecified atom stereocenters. The van der Waals surface area contributed by atoms with Crippen molar-refractivity contribution in [2.45, 2.75) is 45.8 Å². The first-order valence-corrected chi connectivity index (χ1v) is 8.83. The first-order chi connectivity index (χ1) is 11.8. The molecule has 0 radical (unpaired) electrons. The summed E-state index contributed by atoms with van der Waals surface area (Å²) in [6.07, 6.45) is 1.35. The Morgan fingerprint density at radius 2 is 1.92 bits per heavy atom. The molecule has 1 spiro atoms. The lowest BCUT2D eigenvalue weighted by atomic mass is 9.93. The Hall–Kier alpha value is -2.24. The van der Waals surface area contributed by atoms with Gasteiger partial charge in [-0.3, -0.25) is 0 Å². The lowest BCUT2D eigenvalue weighted by Gasteiger charge is -2.38. The van der Waals surface area contributed by atoms with E-state index in [-0.39, 0.29) is 12.1 Å². The van der Waals surface area contributed by atoms with E-state index >= 15 is 0 Å². The van der Waals surface area contributed by atoms with E-state index in [1.165, 1.54) is 16.7 Å². The highest BCUT2D eigenvalue weighted by atomic mass is 16.6. The number of likely N-dealkylation sites (N-methyl/N-ethyl adjacent to an activating group) is 1. The van der Waals surface area contributed by atoms with E-state index in [1.807, 2.05) is 0 Å². The number of ether oxygens (including phenoxy) is 1. The zero-order valence-electron chi connectivity index (χ0n) is 15.5. The highest BCUT2D eigenvalue weighted by Crippen LogP contribution is 2.31. The summed E-state index contributed by atoms with van der Waals surface area (Å²) in [5.74, 6) is 0. The topological polar surface area (TPSA) is 61.9 Å². The Morgan fingerprint density at radius 3 is 2.52 bits per heavy atom. The Morgan fingerprint density at radius 1 is 1.24 bits per heavy atom. The number of benzene rings is 1. The summed E-state index contributed by atoms with van der Waals surface area (Å²) in [5, 5.41) is 3.03. The molecule has 6 heteroatoms. The van der Waals surface area contributed by atoms with Crippen molar-refractivity contribution in [2.75, 3.05) is 26.7 Å². The van der Waals surface area contributed by atoms with Gasteiger partial charge in [-0.1, -0.05) is 17.7 Å². The number of hydrogen-bond donors (Lipinski definition) is 1. The monoisotopic (exact) mass is 345 g/mol. The lowest BCUT2D eigenvalue weighted by Crippen LogP contribution is -2.54. The number of rotatable bonds is 2. The van der Waals surface area contributed by atoms with Gasteiger partial charge in [0.2, 0.25) is 0 Å². The standard InChI is InChI=1S/C19H27N3O3/c1-13-8-14(2)16(15(3)9-13)10-20-17(23)22-7-5-6-19(12-22)11-21(4)18(24)25-19/h8-9H,5-7,10-12H2,1-4H3,(H,20,23)/t19-/m1/s1. The van der Waals surface area contributed by atoms with E-state index in [0.29, 0.717) is 26.2 Å². The van der Waals surface area contributed by atoms with E-state index < -0.39 is 5.60 Å². The van der Waals surface area contributed by atoms with E-state index in [2.05, 4.69) is 38.2 Å². The van der Waals surface area contributed by atoms with Crippen molar-refractivity contribution in [2.24, 2.45) is 0 Å². The maximum absolute atomic E-state index is 12.6. The Kier molecular flexibility index (Phi) is 4.62. The fraction of sp³-hybridized carbons (Fsp3) is 0.579. The molecule has 0 bridgehead atoms. The van der Waals surface area contributed by atoms with Crippen molar-refractivity contribution < 1.29 is 14.3 Å². The number of nitrogens with one attached hydrogen (secondary N) is 1. The van der Waals surface area contributed by atoms with Crippen LogP contribution in [0, 0.1) is 20.8 Å². The van der Waals surface area contributed by atoms with Crippen molar-refractivity contribution in [3.63, 3.8) is 0 Å². The van der Waals surface area contributed by atoms with E-state index in [1.54, 1.807) is 16.8 Å². The van der Waals surface area contributed by atoms with Crippen molar-refractivity contribution in [1.82, 2.24) is 15.1 Å². The molecule has 0 aromatic heterocycles. The maximum Gasteiger partial charge on any atom is 0.410 e. The molecule has 1 aromatic rings. The van der Waals surface area contributed by atoms with Crippen molar-refractivity contribution >= 4 is 12.1 Å². The molecular weight excluding hydrogens is 318 g/mol. The number of carbonyl (C=O) groups is 2. The molecule has 2 aliphatic heterocycles. The highest BCUT2D eigenvalue weighted by molar-refractivity contribution is 5.75. The third-order valence-electron chi connectivity index (χ3n) is 5.22. The summed E-state index contributed by atoms with van der Waals surface area (Å²) in [7, 11) is 1.74. The van der Waals surface area contributed by atoms with Crippen LogP contribution in [0.15, 0.2) is 12.1 Å². The molecular formula is C19H27N3O3. The van der Waals surface area contributed by atoms with Gasteiger partial charge in [0.25, 0.3) is 0 Å². The first-order valence-electron chi connectivity index (χ1n) is 8.83. The second kappa shape index (κ2) is 6.58. The summed E-state index contributed by atoms with van der Waals surface area (Å²) in [6.45, 7) is 8.44. The van der Waals surface area contributed by atoms with Gasteiger partial charge in [-0.05, 0) is 50.3 Å². The maximum atomic E-state index is 12.6. The number of carbonyl (C=O) groups excluding carboxylic acids is 2. The zero-order valence-corrected chi connectivity index (χ0v) is 15.5. The number of aryl methyl sites for hydroxylation is 3. The SMILES string of the molecule is Cc1cc(C)c(CNC(=O)N2CCC[C@@]3(CN(C)C(=O)O3)C2)c(C)c1. The van der Waals surface area contributed by atoms with Crippen LogP contribution in [-0.4, -0.2) is 54.2 Å². The molecule has 2 aliphatic rings. The molecule has 1 N–H and O–H groups in total. The van der Waals surface area contributed by atoms with Gasteiger partial charge in [0, 0.05) is 20.1 Å². The number of nitrogens with zero attached hydrogens (tertiary/aromatic N) is 2. The van der Waals surface area contributed by atoms with Gasteiger partial charge in [-0.15, -0.1) is 0 Å². The molecule has 3 amide bonds. The number of likely N-dealkylation sites (tertiary alicyclic amines) is 1. The third kappa shape index (κ3) is 3.57. The average Bonchev–Trinajstić information content (AvgIpc) is 2.79. The third-order valence-corrected chi connectivity index (χ3v) is 5.22. The summed E-state index contributed by atoms with van der Waals surface area (Å²) in [4.78, 5) is 27.7.